The van der Waals surface area contributed by atoms with Gasteiger partial charge in [-0.25, -0.2) is 14.6 Å². The molecule has 0 fully saturated rings. The molecule has 176 valence electrons. The lowest BCUT2D eigenvalue weighted by Crippen LogP contribution is -2.51. The zero-order valence-electron chi connectivity index (χ0n) is 19.5. The Balaban J connectivity index is 3.15. The highest BCUT2D eigenvalue weighted by Crippen LogP contribution is 2.30. The van der Waals surface area contributed by atoms with Gasteiger partial charge in [-0.3, -0.25) is 4.79 Å². The average molecular weight is 457 g/mol. The summed E-state index contributed by atoms with van der Waals surface area (Å²) in [6.07, 6.45) is -0.247. The Morgan fingerprint density at radius 3 is 2.42 bits per heavy atom. The number of alkyl carbamates (subject to hydrolysis) is 1. The second-order valence-electron chi connectivity index (χ2n) is 7.84. The number of rotatable bonds is 11. The van der Waals surface area contributed by atoms with Gasteiger partial charge in [0.1, 0.15) is 5.01 Å². The summed E-state index contributed by atoms with van der Waals surface area (Å²) >= 11 is 1.21. The molecule has 0 aliphatic carbocycles. The monoisotopic (exact) mass is 456 g/mol. The highest BCUT2D eigenvalue weighted by Gasteiger charge is 2.33. The second-order valence-corrected chi connectivity index (χ2v) is 8.73. The summed E-state index contributed by atoms with van der Waals surface area (Å²) in [6, 6.07) is -0.864. The molecular formula is C21H36N4O5S. The Kier molecular flexibility index (Phi) is 10.9. The van der Waals surface area contributed by atoms with Crippen molar-refractivity contribution in [1.82, 2.24) is 15.2 Å². The number of carbonyl (C=O) groups excluding carboxylic acids is 3. The van der Waals surface area contributed by atoms with E-state index in [9.17, 15) is 14.4 Å². The third-order valence-corrected chi connectivity index (χ3v) is 6.28. The Bertz CT molecular complexity index is 739. The quantitative estimate of drug-likeness (QED) is 0.491. The molecule has 0 aliphatic heterocycles. The van der Waals surface area contributed by atoms with Crippen LogP contribution in [0.1, 0.15) is 69.1 Å². The molecule has 3 N–H and O–H groups in total. The number of nitrogens with one attached hydrogen (secondary N) is 1. The van der Waals surface area contributed by atoms with Crippen LogP contribution in [0.15, 0.2) is 5.38 Å². The van der Waals surface area contributed by atoms with Crippen LogP contribution in [0.5, 0.6) is 0 Å². The fourth-order valence-electron chi connectivity index (χ4n) is 3.11. The van der Waals surface area contributed by atoms with Gasteiger partial charge in [-0.05, 0) is 18.8 Å². The molecular weight excluding hydrogens is 420 g/mol. The summed E-state index contributed by atoms with van der Waals surface area (Å²) in [5, 5.41) is 4.47. The van der Waals surface area contributed by atoms with E-state index in [0.717, 1.165) is 6.42 Å². The molecule has 31 heavy (non-hydrogen) atoms. The van der Waals surface area contributed by atoms with E-state index in [0.29, 0.717) is 11.4 Å². The predicted octanol–water partition coefficient (Wildman–Crippen LogP) is 2.96. The number of hydrogen-bond acceptors (Lipinski definition) is 8. The van der Waals surface area contributed by atoms with Crippen molar-refractivity contribution in [1.29, 1.82) is 0 Å². The molecule has 9 nitrogen and oxygen atoms in total. The standard InChI is InChI=1S/C21H36N4O5S/c1-8-13(5)17(22)19(26)25(7)15(12(3)4)10-16(30-21(28)23-6)18-24-14(11-31-18)20(27)29-9-2/h11-13,15-17H,8-10,22H2,1-7H3,(H,23,28)/t13-,15+,16+,17-/m0/s1. The zero-order valence-corrected chi connectivity index (χ0v) is 20.3. The summed E-state index contributed by atoms with van der Waals surface area (Å²) < 4.78 is 10.5. The summed E-state index contributed by atoms with van der Waals surface area (Å²) in [5.74, 6) is -0.570. The fourth-order valence-corrected chi connectivity index (χ4v) is 3.94. The number of likely N-dealkylation sites (N-methyl/N-ethyl adjacent to an activating group) is 1. The van der Waals surface area contributed by atoms with Gasteiger partial charge >= 0.3 is 12.1 Å². The van der Waals surface area contributed by atoms with Gasteiger partial charge in [-0.15, -0.1) is 11.3 Å². The average Bonchev–Trinajstić information content (AvgIpc) is 3.24. The van der Waals surface area contributed by atoms with Crippen LogP contribution >= 0.6 is 11.3 Å². The maximum Gasteiger partial charge on any atom is 0.407 e. The van der Waals surface area contributed by atoms with E-state index in [2.05, 4.69) is 10.3 Å². The van der Waals surface area contributed by atoms with E-state index in [4.69, 9.17) is 15.2 Å². The number of amides is 2. The summed E-state index contributed by atoms with van der Waals surface area (Å²) in [7, 11) is 3.18. The van der Waals surface area contributed by atoms with Crippen LogP contribution in [-0.2, 0) is 14.3 Å². The summed E-state index contributed by atoms with van der Waals surface area (Å²) in [5.41, 5.74) is 6.33. The molecule has 10 heteroatoms. The van der Waals surface area contributed by atoms with Crippen LogP contribution in [0.2, 0.25) is 0 Å². The first-order chi connectivity index (χ1) is 14.6. The number of aromatic nitrogens is 1. The van der Waals surface area contributed by atoms with Gasteiger partial charge in [-0.2, -0.15) is 0 Å². The normalized spacial score (nSPS) is 15.0. The number of esters is 1. The number of thiazole rings is 1. The van der Waals surface area contributed by atoms with Gasteiger partial charge in [0.15, 0.2) is 11.8 Å². The molecule has 0 aromatic carbocycles. The molecule has 0 spiro atoms. The molecule has 4 atom stereocenters. The first-order valence-electron chi connectivity index (χ1n) is 10.6. The van der Waals surface area contributed by atoms with E-state index in [1.54, 1.807) is 24.3 Å². The fraction of sp³-hybridized carbons (Fsp3) is 0.714. The maximum atomic E-state index is 13.0. The Hall–Kier alpha value is -2.20. The van der Waals surface area contributed by atoms with Crippen LogP contribution in [-0.4, -0.2) is 60.6 Å². The van der Waals surface area contributed by atoms with Crippen molar-refractivity contribution < 1.29 is 23.9 Å². The number of nitrogens with two attached hydrogens (primary N) is 1. The number of hydrogen-bond donors (Lipinski definition) is 2. The molecule has 1 aromatic rings. The van der Waals surface area contributed by atoms with Crippen LogP contribution in [0.4, 0.5) is 4.79 Å². The third kappa shape index (κ3) is 7.46. The predicted molar refractivity (Wildman–Crippen MR) is 120 cm³/mol. The van der Waals surface area contributed by atoms with Crippen molar-refractivity contribution in [3.05, 3.63) is 16.1 Å². The highest BCUT2D eigenvalue weighted by atomic mass is 32.1. The van der Waals surface area contributed by atoms with Crippen molar-refractivity contribution >= 4 is 29.3 Å². The lowest BCUT2D eigenvalue weighted by Gasteiger charge is -2.35. The minimum atomic E-state index is -0.740. The highest BCUT2D eigenvalue weighted by molar-refractivity contribution is 7.09. The molecule has 0 radical (unpaired) electrons. The molecule has 1 aromatic heterocycles. The molecule has 1 rings (SSSR count). The number of carbonyl (C=O) groups is 3. The largest absolute Gasteiger partial charge is 0.461 e. The second kappa shape index (κ2) is 12.6. The van der Waals surface area contributed by atoms with Crippen molar-refractivity contribution in [2.24, 2.45) is 17.6 Å². The van der Waals surface area contributed by atoms with Crippen LogP contribution in [0, 0.1) is 11.8 Å². The third-order valence-electron chi connectivity index (χ3n) is 5.35. The molecule has 1 heterocycles. The molecule has 0 saturated heterocycles. The van der Waals surface area contributed by atoms with Gasteiger partial charge in [0.2, 0.25) is 5.91 Å². The zero-order chi connectivity index (χ0) is 23.7. The van der Waals surface area contributed by atoms with Gasteiger partial charge in [0.05, 0.1) is 12.6 Å². The van der Waals surface area contributed by atoms with Gasteiger partial charge in [-0.1, -0.05) is 34.1 Å². The lowest BCUT2D eigenvalue weighted by atomic mass is 9.93. The SMILES string of the molecule is CCOC(=O)c1csc([C@@H](C[C@H](C(C)C)N(C)C(=O)[C@@H](N)[C@@H](C)CC)OC(=O)NC)n1. The van der Waals surface area contributed by atoms with Crippen molar-refractivity contribution in [3.8, 4) is 0 Å². The summed E-state index contributed by atoms with van der Waals surface area (Å²) in [4.78, 5) is 42.9. The smallest absolute Gasteiger partial charge is 0.407 e. The Morgan fingerprint density at radius 1 is 1.26 bits per heavy atom. The van der Waals surface area contributed by atoms with E-state index in [1.807, 2.05) is 27.7 Å². The van der Waals surface area contributed by atoms with E-state index in [-0.39, 0.29) is 36.1 Å². The van der Waals surface area contributed by atoms with Crippen molar-refractivity contribution in [2.75, 3.05) is 20.7 Å². The van der Waals surface area contributed by atoms with Gasteiger partial charge < -0.3 is 25.4 Å². The number of ether oxygens (including phenoxy) is 2. The molecule has 0 unspecified atom stereocenters. The van der Waals surface area contributed by atoms with E-state index in [1.165, 1.54) is 18.4 Å². The van der Waals surface area contributed by atoms with Crippen LogP contribution in [0.3, 0.4) is 0 Å². The first-order valence-corrected chi connectivity index (χ1v) is 11.5. The van der Waals surface area contributed by atoms with Crippen molar-refractivity contribution in [3.63, 3.8) is 0 Å². The molecule has 2 amide bonds. The molecule has 0 bridgehead atoms. The van der Waals surface area contributed by atoms with Gasteiger partial charge in [0, 0.05) is 31.9 Å². The topological polar surface area (TPSA) is 124 Å². The summed E-state index contributed by atoms with van der Waals surface area (Å²) in [6.45, 7) is 9.88. The number of nitrogens with zero attached hydrogens (tertiary/aromatic N) is 2. The minimum Gasteiger partial charge on any atom is -0.461 e. The Morgan fingerprint density at radius 2 is 1.90 bits per heavy atom. The van der Waals surface area contributed by atoms with E-state index < -0.39 is 24.2 Å². The van der Waals surface area contributed by atoms with E-state index >= 15 is 0 Å². The van der Waals surface area contributed by atoms with Crippen molar-refractivity contribution in [2.45, 2.75) is 65.6 Å². The van der Waals surface area contributed by atoms with Crippen LogP contribution in [0.25, 0.3) is 0 Å². The maximum absolute atomic E-state index is 13.0. The first kappa shape index (κ1) is 26.8. The molecule has 0 saturated carbocycles. The lowest BCUT2D eigenvalue weighted by molar-refractivity contribution is -0.136. The van der Waals surface area contributed by atoms with Crippen LogP contribution < -0.4 is 11.1 Å². The van der Waals surface area contributed by atoms with Gasteiger partial charge in [0.25, 0.3) is 0 Å². The Labute approximate surface area is 188 Å². The molecule has 0 aliphatic rings. The minimum absolute atomic E-state index is 0.0479.